The minimum atomic E-state index is -1.35. The van der Waals surface area contributed by atoms with E-state index in [1.165, 1.54) is 16.8 Å². The molecule has 0 aliphatic carbocycles. The number of benzene rings is 2. The molecule has 4 rings (SSSR count). The second-order valence-electron chi connectivity index (χ2n) is 6.38. The number of aromatic nitrogens is 2. The number of amides is 1. The summed E-state index contributed by atoms with van der Waals surface area (Å²) in [5.74, 6) is -2.53. The number of nitrogens with two attached hydrogens (primary N) is 1. The number of halogens is 2. The average Bonchev–Trinajstić information content (AvgIpc) is 3.05. The number of piperidine rings is 1. The lowest BCUT2D eigenvalue weighted by Crippen LogP contribution is -2.36. The fourth-order valence-corrected chi connectivity index (χ4v) is 3.31. The molecule has 1 amide bonds. The van der Waals surface area contributed by atoms with Gasteiger partial charge in [-0.25, -0.2) is 13.5 Å². The van der Waals surface area contributed by atoms with E-state index in [0.29, 0.717) is 16.6 Å². The number of carbonyl (C=O) groups is 1. The molecule has 3 aromatic rings. The van der Waals surface area contributed by atoms with Crippen LogP contribution in [0.2, 0.25) is 0 Å². The van der Waals surface area contributed by atoms with Crippen molar-refractivity contribution in [3.63, 3.8) is 0 Å². The number of primary amides is 1. The monoisotopic (exact) mass is 357 g/mol. The quantitative estimate of drug-likeness (QED) is 0.757. The van der Waals surface area contributed by atoms with Crippen LogP contribution in [0.15, 0.2) is 42.6 Å². The van der Waals surface area contributed by atoms with Crippen LogP contribution < -0.4 is 11.1 Å². The van der Waals surface area contributed by atoms with E-state index in [1.807, 2.05) is 0 Å². The van der Waals surface area contributed by atoms with Crippen molar-refractivity contribution in [1.29, 1.82) is 0 Å². The lowest BCUT2D eigenvalue weighted by Gasteiger charge is -2.26. The molecule has 1 fully saturated rings. The summed E-state index contributed by atoms with van der Waals surface area (Å²) in [6, 6.07) is 9.46. The van der Waals surface area contributed by atoms with Gasteiger partial charge in [-0.2, -0.15) is 5.10 Å². The molecule has 0 bridgehead atoms. The Morgan fingerprint density at radius 1 is 1.35 bits per heavy atom. The lowest BCUT2D eigenvalue weighted by atomic mass is 9.90. The third-order valence-corrected chi connectivity index (χ3v) is 4.57. The number of nitrogens with zero attached hydrogens (tertiary/aromatic N) is 2. The Balaban J connectivity index is 1.74. The number of fused-ring (bicyclic) bond motifs is 1. The van der Waals surface area contributed by atoms with Crippen molar-refractivity contribution in [3.05, 3.63) is 59.5 Å². The fourth-order valence-electron chi connectivity index (χ4n) is 3.31. The lowest BCUT2D eigenvalue weighted by molar-refractivity contribution is 0.100. The molecule has 0 saturated carbocycles. The maximum atomic E-state index is 14.8. The summed E-state index contributed by atoms with van der Waals surface area (Å²) in [5.41, 5.74) is 6.68. The molecule has 1 aliphatic heterocycles. The Hall–Kier alpha value is -2.80. The zero-order valence-corrected chi connectivity index (χ0v) is 13.9. The highest BCUT2D eigenvalue weighted by Gasteiger charge is 2.25. The Kier molecular flexibility index (Phi) is 3.86. The Labute approximate surface area is 150 Å². The molecule has 7 heteroatoms. The molecule has 2 heterocycles. The highest BCUT2D eigenvalue weighted by atomic mass is 19.1. The largest absolute Gasteiger partial charge is 0.366 e. The maximum Gasteiger partial charge on any atom is 0.250 e. The molecule has 2 aromatic carbocycles. The van der Waals surface area contributed by atoms with E-state index in [-0.39, 0.29) is 30.6 Å². The summed E-state index contributed by atoms with van der Waals surface area (Å²) in [5, 5.41) is 7.89. The molecule has 134 valence electrons. The van der Waals surface area contributed by atoms with Crippen molar-refractivity contribution in [1.82, 2.24) is 15.1 Å². The SMILES string of the molecule is [2H][C@@]1(c2ccc(-n3cc4cccc(C(N)=O)c4n3)cc2F)CNC[C@H](F)C1. The van der Waals surface area contributed by atoms with E-state index in [4.69, 9.17) is 7.10 Å². The van der Waals surface area contributed by atoms with Crippen molar-refractivity contribution >= 4 is 16.8 Å². The Morgan fingerprint density at radius 3 is 2.92 bits per heavy atom. The summed E-state index contributed by atoms with van der Waals surface area (Å²) in [6.07, 6.45) is 0.440. The van der Waals surface area contributed by atoms with E-state index < -0.39 is 23.8 Å². The molecule has 1 aromatic heterocycles. The number of hydrogen-bond acceptors (Lipinski definition) is 3. The van der Waals surface area contributed by atoms with Gasteiger partial charge in [-0.05, 0) is 30.2 Å². The zero-order chi connectivity index (χ0) is 19.2. The fraction of sp³-hybridized carbons (Fsp3) is 0.263. The van der Waals surface area contributed by atoms with Crippen LogP contribution in [0.25, 0.3) is 16.6 Å². The summed E-state index contributed by atoms with van der Waals surface area (Å²) in [4.78, 5) is 11.6. The minimum Gasteiger partial charge on any atom is -0.366 e. The summed E-state index contributed by atoms with van der Waals surface area (Å²) >= 11 is 0. The summed E-state index contributed by atoms with van der Waals surface area (Å²) < 4.78 is 38.4. The molecule has 5 nitrogen and oxygen atoms in total. The van der Waals surface area contributed by atoms with Gasteiger partial charge >= 0.3 is 0 Å². The molecular formula is C19H18F2N4O. The standard InChI is InChI=1S/C19H18F2N4O/c20-13-6-12(8-23-9-13)15-5-4-14(7-17(15)21)25-10-11-2-1-3-16(19(22)26)18(11)24-25/h1-5,7,10,12-13,23H,6,8-9H2,(H2,22,26)/t12-,13+/m0/s1/i12D. The topological polar surface area (TPSA) is 72.9 Å². The van der Waals surface area contributed by atoms with E-state index >= 15 is 0 Å². The first kappa shape index (κ1) is 15.5. The van der Waals surface area contributed by atoms with Crippen LogP contribution in [0.1, 0.15) is 29.6 Å². The van der Waals surface area contributed by atoms with Crippen molar-refractivity contribution < 1.29 is 14.9 Å². The predicted molar refractivity (Wildman–Crippen MR) is 94.7 cm³/mol. The minimum absolute atomic E-state index is 0.0517. The number of rotatable bonds is 3. The van der Waals surface area contributed by atoms with Crippen molar-refractivity contribution in [3.8, 4) is 5.69 Å². The van der Waals surface area contributed by atoms with Gasteiger partial charge in [0.1, 0.15) is 17.5 Å². The molecule has 0 unspecified atom stereocenters. The van der Waals surface area contributed by atoms with E-state index in [1.54, 1.807) is 30.5 Å². The zero-order valence-electron chi connectivity index (χ0n) is 14.9. The van der Waals surface area contributed by atoms with Gasteiger partial charge in [0.2, 0.25) is 0 Å². The first-order valence-electron chi connectivity index (χ1n) is 8.81. The number of alkyl halides is 1. The van der Waals surface area contributed by atoms with Crippen LogP contribution in [0, 0.1) is 5.82 Å². The van der Waals surface area contributed by atoms with Gasteiger partial charge in [0.25, 0.3) is 5.91 Å². The van der Waals surface area contributed by atoms with Crippen molar-refractivity contribution in [2.24, 2.45) is 5.73 Å². The molecule has 0 radical (unpaired) electrons. The normalized spacial score (nSPS) is 23.8. The third kappa shape index (κ3) is 2.94. The Bertz CT molecular complexity index is 1040. The van der Waals surface area contributed by atoms with Gasteiger partial charge in [-0.3, -0.25) is 4.79 Å². The van der Waals surface area contributed by atoms with Crippen LogP contribution in [0.5, 0.6) is 0 Å². The van der Waals surface area contributed by atoms with Gasteiger partial charge in [-0.1, -0.05) is 18.2 Å². The smallest absolute Gasteiger partial charge is 0.250 e. The van der Waals surface area contributed by atoms with Crippen LogP contribution in [-0.2, 0) is 0 Å². The second-order valence-corrected chi connectivity index (χ2v) is 6.38. The number of hydrogen-bond donors (Lipinski definition) is 2. The molecule has 1 saturated heterocycles. The molecule has 26 heavy (non-hydrogen) atoms. The first-order chi connectivity index (χ1) is 12.9. The number of carbonyl (C=O) groups excluding carboxylic acids is 1. The van der Waals surface area contributed by atoms with Gasteiger partial charge in [0, 0.05) is 31.9 Å². The summed E-state index contributed by atoms with van der Waals surface area (Å²) in [7, 11) is 0. The Morgan fingerprint density at radius 2 is 2.19 bits per heavy atom. The van der Waals surface area contributed by atoms with Crippen LogP contribution in [0.3, 0.4) is 0 Å². The van der Waals surface area contributed by atoms with Crippen LogP contribution in [-0.4, -0.2) is 34.9 Å². The highest BCUT2D eigenvalue weighted by Crippen LogP contribution is 2.28. The molecular weight excluding hydrogens is 338 g/mol. The second kappa shape index (κ2) is 6.49. The van der Waals surface area contributed by atoms with Gasteiger partial charge in [-0.15, -0.1) is 0 Å². The van der Waals surface area contributed by atoms with Gasteiger partial charge < -0.3 is 11.1 Å². The van der Waals surface area contributed by atoms with Crippen LogP contribution in [0.4, 0.5) is 8.78 Å². The average molecular weight is 357 g/mol. The van der Waals surface area contributed by atoms with Crippen LogP contribution >= 0.6 is 0 Å². The summed E-state index contributed by atoms with van der Waals surface area (Å²) in [6.45, 7) is 0.375. The van der Waals surface area contributed by atoms with E-state index in [2.05, 4.69) is 10.4 Å². The predicted octanol–water partition coefficient (Wildman–Crippen LogP) is 2.68. The molecule has 0 spiro atoms. The first-order valence-corrected chi connectivity index (χ1v) is 8.31. The van der Waals surface area contributed by atoms with Gasteiger partial charge in [0.05, 0.1) is 11.3 Å². The van der Waals surface area contributed by atoms with Crippen molar-refractivity contribution in [2.45, 2.75) is 18.5 Å². The number of nitrogens with one attached hydrogen (secondary N) is 1. The maximum absolute atomic E-state index is 14.8. The van der Waals surface area contributed by atoms with Crippen molar-refractivity contribution in [2.75, 3.05) is 13.1 Å². The third-order valence-electron chi connectivity index (χ3n) is 4.57. The highest BCUT2D eigenvalue weighted by molar-refractivity contribution is 6.04. The molecule has 3 N–H and O–H groups in total. The van der Waals surface area contributed by atoms with E-state index in [9.17, 15) is 13.6 Å². The molecule has 1 aliphatic rings. The van der Waals surface area contributed by atoms with Gasteiger partial charge in [0.15, 0.2) is 0 Å². The van der Waals surface area contributed by atoms with E-state index in [0.717, 1.165) is 0 Å². The molecule has 2 atom stereocenters.